The van der Waals surface area contributed by atoms with E-state index < -0.39 is 6.10 Å². The molecule has 1 saturated heterocycles. The zero-order chi connectivity index (χ0) is 17.8. The normalized spacial score (nSPS) is 21.8. The van der Waals surface area contributed by atoms with Crippen LogP contribution in [0.5, 0.6) is 0 Å². The largest absolute Gasteiger partial charge is 0.364 e. The summed E-state index contributed by atoms with van der Waals surface area (Å²) in [6, 6.07) is 9.74. The number of hydrogen-bond donors (Lipinski definition) is 0. The summed E-state index contributed by atoms with van der Waals surface area (Å²) in [5, 5.41) is 0. The molecule has 0 unspecified atom stereocenters. The first kappa shape index (κ1) is 27.4. The summed E-state index contributed by atoms with van der Waals surface area (Å²) in [6.07, 6.45) is 3.85. The van der Waals surface area contributed by atoms with Crippen LogP contribution in [0.2, 0.25) is 0 Å². The average Bonchev–Trinajstić information content (AvgIpc) is 3.00. The lowest BCUT2D eigenvalue weighted by molar-refractivity contribution is -0.153. The minimum Gasteiger partial charge on any atom is -0.364 e. The van der Waals surface area contributed by atoms with Crippen LogP contribution in [0.25, 0.3) is 0 Å². The third-order valence-electron chi connectivity index (χ3n) is 5.39. The molecule has 1 amide bonds. The summed E-state index contributed by atoms with van der Waals surface area (Å²) in [4.78, 5) is 27.3. The van der Waals surface area contributed by atoms with Gasteiger partial charge in [-0.1, -0.05) is 44.2 Å². The lowest BCUT2D eigenvalue weighted by atomic mass is 9.90. The Morgan fingerprint density at radius 2 is 1.82 bits per heavy atom. The van der Waals surface area contributed by atoms with Gasteiger partial charge in [-0.3, -0.25) is 9.59 Å². The number of fused-ring (bicyclic) bond motifs is 1. The van der Waals surface area contributed by atoms with E-state index in [4.69, 9.17) is 4.74 Å². The summed E-state index contributed by atoms with van der Waals surface area (Å²) < 4.78 is 6.04. The third kappa shape index (κ3) is 6.71. The maximum atomic E-state index is 13.2. The minimum atomic E-state index is -0.465. The van der Waals surface area contributed by atoms with Gasteiger partial charge in [0.1, 0.15) is 6.10 Å². The Bertz CT molecular complexity index is 612. The van der Waals surface area contributed by atoms with E-state index in [1.54, 1.807) is 0 Å². The SMILES string of the molecule is CC(C)C[C@H](OCc1ccccc1)C(=O)N1CCC[C@H]2CCC(=O)[C@H]21.S.S.S. The van der Waals surface area contributed by atoms with Gasteiger partial charge in [0.2, 0.25) is 0 Å². The zero-order valence-electron chi connectivity index (χ0n) is 16.8. The van der Waals surface area contributed by atoms with Crippen molar-refractivity contribution in [2.75, 3.05) is 6.54 Å². The fourth-order valence-corrected chi connectivity index (χ4v) is 4.16. The van der Waals surface area contributed by atoms with Gasteiger partial charge < -0.3 is 9.64 Å². The third-order valence-corrected chi connectivity index (χ3v) is 5.39. The molecule has 0 aromatic heterocycles. The number of ketones is 1. The predicted octanol–water partition coefficient (Wildman–Crippen LogP) is 3.93. The molecule has 2 aliphatic rings. The van der Waals surface area contributed by atoms with Crippen molar-refractivity contribution in [3.8, 4) is 0 Å². The smallest absolute Gasteiger partial charge is 0.252 e. The molecule has 4 nitrogen and oxygen atoms in total. The average molecular weight is 446 g/mol. The molecule has 1 heterocycles. The molecule has 3 rings (SSSR count). The highest BCUT2D eigenvalue weighted by molar-refractivity contribution is 7.59. The second-order valence-corrected chi connectivity index (χ2v) is 7.80. The van der Waals surface area contributed by atoms with Gasteiger partial charge in [0.05, 0.1) is 12.6 Å². The number of ether oxygens (including phenoxy) is 1. The Kier molecular flexibility index (Phi) is 12.5. The number of Topliss-reactive ketones (excluding diaryl/α,β-unsaturated/α-hetero) is 1. The number of piperidine rings is 1. The maximum absolute atomic E-state index is 13.2. The molecule has 0 spiro atoms. The van der Waals surface area contributed by atoms with Gasteiger partial charge in [-0.2, -0.15) is 40.5 Å². The van der Waals surface area contributed by atoms with Crippen molar-refractivity contribution in [3.63, 3.8) is 0 Å². The Hall–Kier alpha value is -0.630. The number of benzene rings is 1. The Labute approximate surface area is 190 Å². The summed E-state index contributed by atoms with van der Waals surface area (Å²) in [5.74, 6) is 0.975. The van der Waals surface area contributed by atoms with Gasteiger partial charge in [0.25, 0.3) is 5.91 Å². The van der Waals surface area contributed by atoms with Gasteiger partial charge in [-0.15, -0.1) is 0 Å². The van der Waals surface area contributed by atoms with Crippen molar-refractivity contribution in [2.45, 2.75) is 64.7 Å². The molecule has 1 aliphatic heterocycles. The van der Waals surface area contributed by atoms with Crippen molar-refractivity contribution >= 4 is 52.2 Å². The van der Waals surface area contributed by atoms with Gasteiger partial charge in [0, 0.05) is 13.0 Å². The van der Waals surface area contributed by atoms with Crippen LogP contribution >= 0.6 is 40.5 Å². The molecule has 7 heteroatoms. The van der Waals surface area contributed by atoms with Gasteiger partial charge in [-0.25, -0.2) is 0 Å². The Morgan fingerprint density at radius 1 is 1.14 bits per heavy atom. The molecule has 3 atom stereocenters. The van der Waals surface area contributed by atoms with Gasteiger partial charge in [-0.05, 0) is 43.1 Å². The maximum Gasteiger partial charge on any atom is 0.252 e. The van der Waals surface area contributed by atoms with E-state index in [-0.39, 0.29) is 58.2 Å². The van der Waals surface area contributed by atoms with E-state index in [9.17, 15) is 9.59 Å². The Morgan fingerprint density at radius 3 is 2.46 bits per heavy atom. The molecule has 160 valence electrons. The summed E-state index contributed by atoms with van der Waals surface area (Å²) in [5.41, 5.74) is 1.07. The molecule has 0 bridgehead atoms. The molecule has 1 aromatic rings. The van der Waals surface area contributed by atoms with Crippen LogP contribution in [-0.4, -0.2) is 35.3 Å². The number of hydrogen-bond acceptors (Lipinski definition) is 3. The zero-order valence-corrected chi connectivity index (χ0v) is 19.8. The van der Waals surface area contributed by atoms with E-state index in [0.717, 1.165) is 24.8 Å². The first-order valence-electron chi connectivity index (χ1n) is 9.55. The van der Waals surface area contributed by atoms with E-state index in [1.807, 2.05) is 35.2 Å². The fraction of sp³-hybridized carbons (Fsp3) is 0.619. The quantitative estimate of drug-likeness (QED) is 0.667. The first-order chi connectivity index (χ1) is 12.1. The monoisotopic (exact) mass is 445 g/mol. The van der Waals surface area contributed by atoms with Gasteiger partial charge in [0.15, 0.2) is 5.78 Å². The minimum absolute atomic E-state index is 0. The van der Waals surface area contributed by atoms with Crippen LogP contribution in [0.3, 0.4) is 0 Å². The van der Waals surface area contributed by atoms with E-state index >= 15 is 0 Å². The predicted molar refractivity (Wildman–Crippen MR) is 128 cm³/mol. The van der Waals surface area contributed by atoms with Crippen LogP contribution < -0.4 is 0 Å². The second kappa shape index (κ2) is 12.8. The molecule has 28 heavy (non-hydrogen) atoms. The molecule has 0 radical (unpaired) electrons. The van der Waals surface area contributed by atoms with E-state index in [0.29, 0.717) is 37.8 Å². The van der Waals surface area contributed by atoms with Crippen LogP contribution in [0.15, 0.2) is 30.3 Å². The molecule has 0 N–H and O–H groups in total. The summed E-state index contributed by atoms with van der Waals surface area (Å²) >= 11 is 0. The molecule has 2 fully saturated rings. The van der Waals surface area contributed by atoms with Crippen LogP contribution in [0, 0.1) is 11.8 Å². The topological polar surface area (TPSA) is 46.6 Å². The second-order valence-electron chi connectivity index (χ2n) is 7.80. The number of amides is 1. The molecular formula is C21H35NO3S3. The highest BCUT2D eigenvalue weighted by atomic mass is 32.1. The van der Waals surface area contributed by atoms with Crippen LogP contribution in [0.4, 0.5) is 0 Å². The number of nitrogens with zero attached hydrogens (tertiary/aromatic N) is 1. The van der Waals surface area contributed by atoms with Crippen molar-refractivity contribution in [1.29, 1.82) is 0 Å². The van der Waals surface area contributed by atoms with Crippen molar-refractivity contribution in [3.05, 3.63) is 35.9 Å². The van der Waals surface area contributed by atoms with Crippen molar-refractivity contribution in [1.82, 2.24) is 4.90 Å². The summed E-state index contributed by atoms with van der Waals surface area (Å²) in [7, 11) is 0. The molecule has 1 aromatic carbocycles. The van der Waals surface area contributed by atoms with Gasteiger partial charge >= 0.3 is 0 Å². The highest BCUT2D eigenvalue weighted by Crippen LogP contribution is 2.35. The lowest BCUT2D eigenvalue weighted by Gasteiger charge is -2.38. The molecule has 1 saturated carbocycles. The molecular weight excluding hydrogens is 410 g/mol. The summed E-state index contributed by atoms with van der Waals surface area (Å²) in [6.45, 7) is 5.33. The van der Waals surface area contributed by atoms with Crippen LogP contribution in [0.1, 0.15) is 51.5 Å². The van der Waals surface area contributed by atoms with E-state index in [1.165, 1.54) is 0 Å². The van der Waals surface area contributed by atoms with Crippen molar-refractivity contribution in [2.24, 2.45) is 11.8 Å². The Balaban J connectivity index is 0.00000243. The lowest BCUT2D eigenvalue weighted by Crippen LogP contribution is -2.53. The number of carbonyl (C=O) groups excluding carboxylic acids is 2. The number of rotatable bonds is 6. The molecule has 1 aliphatic carbocycles. The standard InChI is InChI=1S/C21H29NO3.3H2S/c1-15(2)13-19(25-14-16-7-4-3-5-8-16)21(24)22-12-6-9-17-10-11-18(23)20(17)22;;;/h3-5,7-8,15,17,19-20H,6,9-14H2,1-2H3;3*1H2/t17-,19-,20-;;;/m0.../s1. The highest BCUT2D eigenvalue weighted by Gasteiger charge is 2.44. The number of likely N-dealkylation sites (tertiary alicyclic amines) is 1. The van der Waals surface area contributed by atoms with E-state index in [2.05, 4.69) is 13.8 Å². The number of carbonyl (C=O) groups is 2. The fourth-order valence-electron chi connectivity index (χ4n) is 4.16. The first-order valence-corrected chi connectivity index (χ1v) is 9.55. The van der Waals surface area contributed by atoms with Crippen molar-refractivity contribution < 1.29 is 14.3 Å². The van der Waals surface area contributed by atoms with Crippen LogP contribution in [-0.2, 0) is 20.9 Å².